The molecule has 0 amide bonds. The van der Waals surface area contributed by atoms with Gasteiger partial charge >= 0.3 is 37.4 Å². The summed E-state index contributed by atoms with van der Waals surface area (Å²) in [5, 5.41) is 10.0. The average Bonchev–Trinajstić information content (AvgIpc) is 2.60. The summed E-state index contributed by atoms with van der Waals surface area (Å²) in [4.78, 5) is 19.1. The van der Waals surface area contributed by atoms with Gasteiger partial charge in [-0.2, -0.15) is 0 Å². The van der Waals surface area contributed by atoms with Crippen LogP contribution in [0.25, 0.3) is 0 Å². The van der Waals surface area contributed by atoms with Gasteiger partial charge in [0.15, 0.2) is 0 Å². The zero-order valence-electron chi connectivity index (χ0n) is 18.4. The van der Waals surface area contributed by atoms with E-state index in [1.54, 1.807) is 0 Å². The third kappa shape index (κ3) is 27.0. The first-order valence-electron chi connectivity index (χ1n) is 11.4. The summed E-state index contributed by atoms with van der Waals surface area (Å²) in [7, 11) is -2.57. The maximum atomic E-state index is 10.6. The van der Waals surface area contributed by atoms with Crippen molar-refractivity contribution in [3.63, 3.8) is 0 Å². The van der Waals surface area contributed by atoms with Crippen molar-refractivity contribution < 1.29 is 24.0 Å². The van der Waals surface area contributed by atoms with Crippen LogP contribution in [0.3, 0.4) is 0 Å². The number of phosphoric acid groups is 1. The molecular formula is C21H47NNaO5P. The Bertz CT molecular complexity index is 384. The normalized spacial score (nSPS) is 12.9. The maximum absolute atomic E-state index is 10.6. The van der Waals surface area contributed by atoms with Crippen LogP contribution in [0, 0.1) is 0 Å². The van der Waals surface area contributed by atoms with Crippen LogP contribution in [0.15, 0.2) is 0 Å². The van der Waals surface area contributed by atoms with E-state index in [1.807, 2.05) is 11.9 Å². The van der Waals surface area contributed by atoms with E-state index < -0.39 is 13.9 Å². The number of rotatable bonds is 21. The quantitative estimate of drug-likeness (QED) is 0.135. The Balaban J connectivity index is 0. The van der Waals surface area contributed by atoms with E-state index in [9.17, 15) is 9.67 Å². The van der Waals surface area contributed by atoms with E-state index in [1.165, 1.54) is 83.5 Å². The Morgan fingerprint density at radius 3 is 1.66 bits per heavy atom. The molecule has 3 N–H and O–H groups in total. The van der Waals surface area contributed by atoms with Gasteiger partial charge in [-0.1, -0.05) is 96.8 Å². The van der Waals surface area contributed by atoms with Gasteiger partial charge in [0.2, 0.25) is 0 Å². The second-order valence-electron chi connectivity index (χ2n) is 8.12. The van der Waals surface area contributed by atoms with Crippen LogP contribution in [0.2, 0.25) is 0 Å². The molecule has 6 nitrogen and oxygen atoms in total. The molecule has 0 saturated carbocycles. The minimum absolute atomic E-state index is 0. The monoisotopic (exact) mass is 447 g/mol. The van der Waals surface area contributed by atoms with Crippen molar-refractivity contribution >= 4 is 37.4 Å². The molecule has 0 fully saturated rings. The predicted molar refractivity (Wildman–Crippen MR) is 124 cm³/mol. The minimum atomic E-state index is -4.39. The first-order valence-corrected chi connectivity index (χ1v) is 12.9. The molecule has 0 aliphatic carbocycles. The number of phosphoric ester groups is 1. The van der Waals surface area contributed by atoms with E-state index >= 15 is 0 Å². The molecule has 0 saturated heterocycles. The van der Waals surface area contributed by atoms with Crippen LogP contribution in [-0.4, -0.2) is 82.2 Å². The number of likely N-dealkylation sites (N-methyl/N-ethyl adjacent to an activating group) is 1. The number of hydrogen-bond donors (Lipinski definition) is 3. The Kier molecular flexibility index (Phi) is 24.7. The zero-order valence-corrected chi connectivity index (χ0v) is 19.3. The third-order valence-electron chi connectivity index (χ3n) is 5.15. The summed E-state index contributed by atoms with van der Waals surface area (Å²) < 4.78 is 15.0. The summed E-state index contributed by atoms with van der Waals surface area (Å²) in [6, 6.07) is 0. The summed E-state index contributed by atoms with van der Waals surface area (Å²) >= 11 is 0. The number of aliphatic hydroxyl groups excluding tert-OH is 1. The second-order valence-corrected chi connectivity index (χ2v) is 9.36. The standard InChI is InChI=1S/C21H46NO5P.Na.H/c1-3-4-5-6-7-8-9-10-11-12-13-14-15-16-17-21(23)20-22(2)18-19-27-28(24,25)26;;/h21,23H,3-20H2,1-2H3,(H2,24,25,26);;. The molecule has 0 spiro atoms. The summed E-state index contributed by atoms with van der Waals surface area (Å²) in [5.74, 6) is 0. The molecule has 0 radical (unpaired) electrons. The van der Waals surface area contributed by atoms with Crippen molar-refractivity contribution in [2.75, 3.05) is 26.7 Å². The third-order valence-corrected chi connectivity index (χ3v) is 5.66. The van der Waals surface area contributed by atoms with E-state index in [0.29, 0.717) is 13.1 Å². The molecule has 0 aromatic heterocycles. The van der Waals surface area contributed by atoms with Crippen LogP contribution in [0.1, 0.15) is 103 Å². The van der Waals surface area contributed by atoms with Crippen LogP contribution in [0.5, 0.6) is 0 Å². The van der Waals surface area contributed by atoms with Crippen molar-refractivity contribution in [1.29, 1.82) is 0 Å². The summed E-state index contributed by atoms with van der Waals surface area (Å²) in [6.45, 7) is 3.12. The van der Waals surface area contributed by atoms with Crippen LogP contribution in [-0.2, 0) is 9.09 Å². The van der Waals surface area contributed by atoms with Crippen LogP contribution >= 0.6 is 7.82 Å². The SMILES string of the molecule is CCCCCCCCCCCCCCCCC(O)CN(C)CCOP(=O)(O)O.[NaH]. The first kappa shape index (κ1) is 32.2. The average molecular weight is 448 g/mol. The molecule has 172 valence electrons. The Morgan fingerprint density at radius 2 is 1.24 bits per heavy atom. The van der Waals surface area contributed by atoms with Gasteiger partial charge in [-0.25, -0.2) is 4.57 Å². The van der Waals surface area contributed by atoms with Gasteiger partial charge in [0, 0.05) is 13.1 Å². The summed E-state index contributed by atoms with van der Waals surface area (Å²) in [5.41, 5.74) is 0. The fraction of sp³-hybridized carbons (Fsp3) is 1.00. The van der Waals surface area contributed by atoms with Crippen molar-refractivity contribution in [2.45, 2.75) is 109 Å². The molecule has 0 rings (SSSR count). The molecule has 29 heavy (non-hydrogen) atoms. The molecule has 0 aliphatic heterocycles. The zero-order chi connectivity index (χ0) is 21.1. The van der Waals surface area contributed by atoms with Crippen molar-refractivity contribution in [1.82, 2.24) is 4.90 Å². The topological polar surface area (TPSA) is 90.2 Å². The fourth-order valence-corrected chi connectivity index (χ4v) is 3.75. The molecule has 0 aliphatic rings. The van der Waals surface area contributed by atoms with Crippen LogP contribution in [0.4, 0.5) is 0 Å². The van der Waals surface area contributed by atoms with E-state index in [0.717, 1.165) is 12.8 Å². The Hall–Kier alpha value is 1.03. The second kappa shape index (κ2) is 22.2. The van der Waals surface area contributed by atoms with Gasteiger partial charge in [0.25, 0.3) is 0 Å². The summed E-state index contributed by atoms with van der Waals surface area (Å²) in [6.07, 6.45) is 19.0. The van der Waals surface area contributed by atoms with Crippen molar-refractivity contribution in [3.05, 3.63) is 0 Å². The fourth-order valence-electron chi connectivity index (χ4n) is 3.43. The molecule has 0 bridgehead atoms. The van der Waals surface area contributed by atoms with E-state index in [2.05, 4.69) is 11.4 Å². The van der Waals surface area contributed by atoms with Gasteiger partial charge in [0.05, 0.1) is 12.7 Å². The van der Waals surface area contributed by atoms with Gasteiger partial charge < -0.3 is 19.8 Å². The molecular weight excluding hydrogens is 400 g/mol. The first-order chi connectivity index (χ1) is 13.3. The molecule has 0 heterocycles. The van der Waals surface area contributed by atoms with Gasteiger partial charge in [-0.05, 0) is 13.5 Å². The molecule has 1 atom stereocenters. The number of unbranched alkanes of at least 4 members (excludes halogenated alkanes) is 13. The molecule has 1 unspecified atom stereocenters. The number of aliphatic hydroxyl groups is 1. The van der Waals surface area contributed by atoms with E-state index in [4.69, 9.17) is 9.79 Å². The van der Waals surface area contributed by atoms with Crippen LogP contribution < -0.4 is 0 Å². The van der Waals surface area contributed by atoms with Gasteiger partial charge in [-0.15, -0.1) is 0 Å². The van der Waals surface area contributed by atoms with E-state index in [-0.39, 0.29) is 36.2 Å². The van der Waals surface area contributed by atoms with Gasteiger partial charge in [0.1, 0.15) is 0 Å². The Morgan fingerprint density at radius 1 is 0.828 bits per heavy atom. The molecule has 8 heteroatoms. The number of hydrogen-bond acceptors (Lipinski definition) is 4. The predicted octanol–water partition coefficient (Wildman–Crippen LogP) is 4.61. The number of nitrogens with zero attached hydrogens (tertiary/aromatic N) is 1. The molecule has 0 aromatic carbocycles. The Labute approximate surface area is 201 Å². The van der Waals surface area contributed by atoms with Crippen molar-refractivity contribution in [2.24, 2.45) is 0 Å². The van der Waals surface area contributed by atoms with Crippen molar-refractivity contribution in [3.8, 4) is 0 Å². The van der Waals surface area contributed by atoms with Gasteiger partial charge in [-0.3, -0.25) is 4.52 Å². The molecule has 0 aromatic rings.